The molecule has 19 heavy (non-hydrogen) atoms. The number of hydrogen-bond donors (Lipinski definition) is 2. The van der Waals surface area contributed by atoms with Crippen molar-refractivity contribution in [2.24, 2.45) is 0 Å². The summed E-state index contributed by atoms with van der Waals surface area (Å²) in [5.74, 6) is -0.161. The van der Waals surface area contributed by atoms with Crippen molar-refractivity contribution in [3.05, 3.63) is 54.0 Å². The molecule has 0 spiro atoms. The van der Waals surface area contributed by atoms with Crippen molar-refractivity contribution in [2.75, 3.05) is 11.9 Å². The lowest BCUT2D eigenvalue weighted by Gasteiger charge is -2.13. The first kappa shape index (κ1) is 13.0. The molecule has 1 aromatic heterocycles. The van der Waals surface area contributed by atoms with Gasteiger partial charge < -0.3 is 10.4 Å². The second kappa shape index (κ2) is 5.95. The van der Waals surface area contributed by atoms with Gasteiger partial charge in [0.15, 0.2) is 5.69 Å². The Labute approximate surface area is 111 Å². The van der Waals surface area contributed by atoms with Gasteiger partial charge in [-0.2, -0.15) is 0 Å². The van der Waals surface area contributed by atoms with Crippen LogP contribution in [0.4, 0.5) is 5.82 Å². The standard InChI is InChI=1S/C14H15N3O2/c1-10(11-5-3-2-4-6-11)7-16-13-9-15-12(8-17-13)14(18)19/h2-6,8-10H,7H2,1H3,(H,16,17)(H,18,19). The number of rotatable bonds is 5. The summed E-state index contributed by atoms with van der Waals surface area (Å²) in [7, 11) is 0. The molecule has 0 amide bonds. The molecule has 0 saturated carbocycles. The van der Waals surface area contributed by atoms with Gasteiger partial charge in [0, 0.05) is 6.54 Å². The van der Waals surface area contributed by atoms with Crippen molar-refractivity contribution in [2.45, 2.75) is 12.8 Å². The second-order valence-electron chi connectivity index (χ2n) is 4.28. The highest BCUT2D eigenvalue weighted by atomic mass is 16.4. The van der Waals surface area contributed by atoms with Crippen molar-refractivity contribution in [1.82, 2.24) is 9.97 Å². The molecule has 1 heterocycles. The van der Waals surface area contributed by atoms with E-state index in [0.717, 1.165) is 0 Å². The minimum Gasteiger partial charge on any atom is -0.476 e. The van der Waals surface area contributed by atoms with Crippen LogP contribution in [0.5, 0.6) is 0 Å². The van der Waals surface area contributed by atoms with Gasteiger partial charge in [-0.15, -0.1) is 0 Å². The third kappa shape index (κ3) is 3.51. The number of anilines is 1. The molecule has 0 radical (unpaired) electrons. The van der Waals surface area contributed by atoms with E-state index in [4.69, 9.17) is 5.11 Å². The molecule has 0 fully saturated rings. The lowest BCUT2D eigenvalue weighted by molar-refractivity contribution is 0.0690. The molecule has 0 aliphatic carbocycles. The van der Waals surface area contributed by atoms with Crippen LogP contribution in [0.25, 0.3) is 0 Å². The molecular formula is C14H15N3O2. The van der Waals surface area contributed by atoms with Gasteiger partial charge in [0.25, 0.3) is 0 Å². The third-order valence-electron chi connectivity index (χ3n) is 2.83. The van der Waals surface area contributed by atoms with Crippen LogP contribution in [-0.4, -0.2) is 27.6 Å². The smallest absolute Gasteiger partial charge is 0.356 e. The van der Waals surface area contributed by atoms with Crippen LogP contribution in [0.1, 0.15) is 28.9 Å². The molecule has 0 aliphatic rings. The molecule has 5 heteroatoms. The van der Waals surface area contributed by atoms with Crippen molar-refractivity contribution in [3.63, 3.8) is 0 Å². The van der Waals surface area contributed by atoms with E-state index in [2.05, 4.69) is 34.3 Å². The Bertz CT molecular complexity index is 540. The topological polar surface area (TPSA) is 75.1 Å². The van der Waals surface area contributed by atoms with Crippen molar-refractivity contribution < 1.29 is 9.90 Å². The van der Waals surface area contributed by atoms with Gasteiger partial charge >= 0.3 is 5.97 Å². The number of benzene rings is 1. The highest BCUT2D eigenvalue weighted by Crippen LogP contribution is 2.14. The van der Waals surface area contributed by atoms with E-state index >= 15 is 0 Å². The summed E-state index contributed by atoms with van der Waals surface area (Å²) in [6.45, 7) is 2.83. The average molecular weight is 257 g/mol. The molecule has 2 rings (SSSR count). The number of aromatic nitrogens is 2. The van der Waals surface area contributed by atoms with E-state index in [-0.39, 0.29) is 5.69 Å². The molecule has 1 unspecified atom stereocenters. The van der Waals surface area contributed by atoms with E-state index < -0.39 is 5.97 Å². The summed E-state index contributed by atoms with van der Waals surface area (Å²) in [4.78, 5) is 18.5. The maximum Gasteiger partial charge on any atom is 0.356 e. The van der Waals surface area contributed by atoms with Crippen molar-refractivity contribution >= 4 is 11.8 Å². The molecular weight excluding hydrogens is 242 g/mol. The summed E-state index contributed by atoms with van der Waals surface area (Å²) in [6.07, 6.45) is 2.68. The number of nitrogens with zero attached hydrogens (tertiary/aromatic N) is 2. The number of nitrogens with one attached hydrogen (secondary N) is 1. The molecule has 0 bridgehead atoms. The van der Waals surface area contributed by atoms with Crippen LogP contribution in [0, 0.1) is 0 Å². The predicted octanol–water partition coefficient (Wildman–Crippen LogP) is 2.39. The Morgan fingerprint density at radius 3 is 2.58 bits per heavy atom. The fraction of sp³-hybridized carbons (Fsp3) is 0.214. The molecule has 2 aromatic rings. The average Bonchev–Trinajstić information content (AvgIpc) is 2.46. The first-order valence-electron chi connectivity index (χ1n) is 6.01. The first-order chi connectivity index (χ1) is 9.16. The minimum absolute atomic E-state index is 0.0540. The zero-order chi connectivity index (χ0) is 13.7. The lowest BCUT2D eigenvalue weighted by atomic mass is 10.0. The first-order valence-corrected chi connectivity index (χ1v) is 6.01. The van der Waals surface area contributed by atoms with E-state index in [1.807, 2.05) is 18.2 Å². The quantitative estimate of drug-likeness (QED) is 0.860. The zero-order valence-corrected chi connectivity index (χ0v) is 10.6. The van der Waals surface area contributed by atoms with E-state index in [9.17, 15) is 4.79 Å². The maximum atomic E-state index is 10.6. The Kier molecular flexibility index (Phi) is 4.07. The Morgan fingerprint density at radius 2 is 2.00 bits per heavy atom. The van der Waals surface area contributed by atoms with E-state index in [1.165, 1.54) is 18.0 Å². The lowest BCUT2D eigenvalue weighted by Crippen LogP contribution is -2.11. The Hall–Kier alpha value is -2.43. The number of aromatic carboxylic acids is 1. The van der Waals surface area contributed by atoms with Crippen LogP contribution >= 0.6 is 0 Å². The SMILES string of the molecule is CC(CNc1cnc(C(=O)O)cn1)c1ccccc1. The van der Waals surface area contributed by atoms with Crippen molar-refractivity contribution in [1.29, 1.82) is 0 Å². The monoisotopic (exact) mass is 257 g/mol. The Morgan fingerprint density at radius 1 is 1.26 bits per heavy atom. The van der Waals surface area contributed by atoms with Gasteiger partial charge in [-0.25, -0.2) is 14.8 Å². The Balaban J connectivity index is 1.93. The highest BCUT2D eigenvalue weighted by Gasteiger charge is 2.07. The fourth-order valence-electron chi connectivity index (χ4n) is 1.69. The number of carboxylic acid groups (broad SMARTS) is 1. The third-order valence-corrected chi connectivity index (χ3v) is 2.83. The summed E-state index contributed by atoms with van der Waals surface area (Å²) in [5, 5.41) is 11.9. The summed E-state index contributed by atoms with van der Waals surface area (Å²) in [6, 6.07) is 10.2. The highest BCUT2D eigenvalue weighted by molar-refractivity contribution is 5.84. The maximum absolute atomic E-state index is 10.6. The van der Waals surface area contributed by atoms with E-state index in [0.29, 0.717) is 18.3 Å². The number of hydrogen-bond acceptors (Lipinski definition) is 4. The van der Waals surface area contributed by atoms with Crippen LogP contribution in [0.15, 0.2) is 42.7 Å². The van der Waals surface area contributed by atoms with Gasteiger partial charge in [-0.3, -0.25) is 0 Å². The minimum atomic E-state index is -1.07. The second-order valence-corrected chi connectivity index (χ2v) is 4.28. The molecule has 0 aliphatic heterocycles. The van der Waals surface area contributed by atoms with Crippen LogP contribution in [-0.2, 0) is 0 Å². The summed E-state index contributed by atoms with van der Waals surface area (Å²) < 4.78 is 0. The molecule has 98 valence electrons. The number of carbonyl (C=O) groups is 1. The number of carboxylic acids is 1. The molecule has 1 atom stereocenters. The zero-order valence-electron chi connectivity index (χ0n) is 10.6. The summed E-state index contributed by atoms with van der Waals surface area (Å²) in [5.41, 5.74) is 1.19. The molecule has 5 nitrogen and oxygen atoms in total. The summed E-state index contributed by atoms with van der Waals surface area (Å²) >= 11 is 0. The van der Waals surface area contributed by atoms with Crippen molar-refractivity contribution in [3.8, 4) is 0 Å². The molecule has 2 N–H and O–H groups in total. The predicted molar refractivity (Wildman–Crippen MR) is 72.3 cm³/mol. The normalized spacial score (nSPS) is 11.8. The van der Waals surface area contributed by atoms with Gasteiger partial charge in [-0.1, -0.05) is 37.3 Å². The van der Waals surface area contributed by atoms with Gasteiger partial charge in [0.1, 0.15) is 5.82 Å². The van der Waals surface area contributed by atoms with Crippen LogP contribution in [0.3, 0.4) is 0 Å². The molecule has 1 aromatic carbocycles. The fourth-order valence-corrected chi connectivity index (χ4v) is 1.69. The van der Waals surface area contributed by atoms with E-state index in [1.54, 1.807) is 0 Å². The van der Waals surface area contributed by atoms with Crippen LogP contribution < -0.4 is 5.32 Å². The van der Waals surface area contributed by atoms with Gasteiger partial charge in [0.2, 0.25) is 0 Å². The molecule has 0 saturated heterocycles. The van der Waals surface area contributed by atoms with Crippen LogP contribution in [0.2, 0.25) is 0 Å². The largest absolute Gasteiger partial charge is 0.476 e. The van der Waals surface area contributed by atoms with Gasteiger partial charge in [0.05, 0.1) is 12.4 Å². The van der Waals surface area contributed by atoms with Gasteiger partial charge in [-0.05, 0) is 11.5 Å².